The lowest BCUT2D eigenvalue weighted by Crippen LogP contribution is -2.17. The van der Waals surface area contributed by atoms with Crippen LogP contribution >= 0.6 is 0 Å². The van der Waals surface area contributed by atoms with Gasteiger partial charge in [-0.25, -0.2) is 0 Å². The van der Waals surface area contributed by atoms with Crippen molar-refractivity contribution in [2.24, 2.45) is 5.92 Å². The van der Waals surface area contributed by atoms with Gasteiger partial charge < -0.3 is 14.4 Å². The van der Waals surface area contributed by atoms with E-state index in [1.165, 1.54) is 0 Å². The molecular weight excluding hydrogens is 224 g/mol. The van der Waals surface area contributed by atoms with Gasteiger partial charge in [0.1, 0.15) is 6.10 Å². The number of aromatic nitrogens is 2. The lowest BCUT2D eigenvalue weighted by Gasteiger charge is -2.10. The van der Waals surface area contributed by atoms with Gasteiger partial charge in [-0.2, -0.15) is 4.98 Å². The van der Waals surface area contributed by atoms with Crippen molar-refractivity contribution in [3.05, 3.63) is 11.7 Å². The molecule has 2 rings (SSSR count). The van der Waals surface area contributed by atoms with Crippen LogP contribution in [0.1, 0.15) is 50.4 Å². The minimum Gasteiger partial charge on any atom is -0.481 e. The number of ether oxygens (including phenoxy) is 1. The third-order valence-corrected chi connectivity index (χ3v) is 3.20. The van der Waals surface area contributed by atoms with Gasteiger partial charge in [-0.15, -0.1) is 0 Å². The van der Waals surface area contributed by atoms with Crippen molar-refractivity contribution in [3.63, 3.8) is 0 Å². The van der Waals surface area contributed by atoms with Gasteiger partial charge in [0.05, 0.1) is 5.92 Å². The summed E-state index contributed by atoms with van der Waals surface area (Å²) < 4.78 is 10.5. The summed E-state index contributed by atoms with van der Waals surface area (Å²) in [5, 5.41) is 12.8. The maximum Gasteiger partial charge on any atom is 0.307 e. The summed E-state index contributed by atoms with van der Waals surface area (Å²) in [6.45, 7) is 4.12. The second-order valence-electron chi connectivity index (χ2n) is 4.41. The maximum atomic E-state index is 10.9. The smallest absolute Gasteiger partial charge is 0.307 e. The Morgan fingerprint density at radius 3 is 2.88 bits per heavy atom. The van der Waals surface area contributed by atoms with Gasteiger partial charge in [0.2, 0.25) is 11.7 Å². The Kier molecular flexibility index (Phi) is 3.42. The maximum absolute atomic E-state index is 10.9. The number of hydrogen-bond donors (Lipinski definition) is 1. The minimum atomic E-state index is -0.866. The second-order valence-corrected chi connectivity index (χ2v) is 4.41. The largest absolute Gasteiger partial charge is 0.481 e. The van der Waals surface area contributed by atoms with E-state index in [1.54, 1.807) is 13.8 Å². The number of aliphatic carboxylic acids is 1. The first-order valence-corrected chi connectivity index (χ1v) is 5.77. The van der Waals surface area contributed by atoms with Crippen molar-refractivity contribution in [3.8, 4) is 0 Å². The highest BCUT2D eigenvalue weighted by Gasteiger charge is 2.28. The Labute approximate surface area is 99.0 Å². The lowest BCUT2D eigenvalue weighted by atomic mass is 9.96. The molecule has 0 spiro atoms. The van der Waals surface area contributed by atoms with Crippen molar-refractivity contribution >= 4 is 5.97 Å². The summed E-state index contributed by atoms with van der Waals surface area (Å²) in [5.41, 5.74) is 0. The number of carboxylic acid groups (broad SMARTS) is 1. The molecule has 3 atom stereocenters. The van der Waals surface area contributed by atoms with E-state index in [4.69, 9.17) is 14.4 Å². The predicted molar refractivity (Wildman–Crippen MR) is 57.4 cm³/mol. The van der Waals surface area contributed by atoms with Gasteiger partial charge in [-0.1, -0.05) is 19.0 Å². The standard InChI is InChI=1S/C11H16N2O4/c1-6(7(2)11(14)15)10-12-9(13-17-10)8-4-3-5-16-8/h6-8H,3-5H2,1-2H3,(H,14,15). The monoisotopic (exact) mass is 240 g/mol. The van der Waals surface area contributed by atoms with Gasteiger partial charge in [0.25, 0.3) is 0 Å². The molecule has 1 fully saturated rings. The highest BCUT2D eigenvalue weighted by Crippen LogP contribution is 2.29. The van der Waals surface area contributed by atoms with Crippen LogP contribution in [-0.4, -0.2) is 27.8 Å². The van der Waals surface area contributed by atoms with Crippen LogP contribution in [0.3, 0.4) is 0 Å². The van der Waals surface area contributed by atoms with Gasteiger partial charge >= 0.3 is 5.97 Å². The van der Waals surface area contributed by atoms with Crippen LogP contribution in [0.25, 0.3) is 0 Å². The van der Waals surface area contributed by atoms with E-state index in [2.05, 4.69) is 10.1 Å². The molecule has 0 aromatic carbocycles. The van der Waals surface area contributed by atoms with Crippen LogP contribution in [0.5, 0.6) is 0 Å². The number of carboxylic acids is 1. The predicted octanol–water partition coefficient (Wildman–Crippen LogP) is 1.75. The molecule has 0 aliphatic carbocycles. The van der Waals surface area contributed by atoms with E-state index in [9.17, 15) is 4.79 Å². The van der Waals surface area contributed by atoms with Crippen LogP contribution in [0.4, 0.5) is 0 Å². The number of nitrogens with zero attached hydrogens (tertiary/aromatic N) is 2. The topological polar surface area (TPSA) is 85.5 Å². The Bertz CT molecular complexity index is 398. The van der Waals surface area contributed by atoms with Gasteiger partial charge in [-0.05, 0) is 12.8 Å². The molecule has 1 aromatic heterocycles. The first-order chi connectivity index (χ1) is 8.09. The van der Waals surface area contributed by atoms with Crippen molar-refractivity contribution in [2.75, 3.05) is 6.61 Å². The highest BCUT2D eigenvalue weighted by atomic mass is 16.5. The number of hydrogen-bond acceptors (Lipinski definition) is 5. The molecule has 0 bridgehead atoms. The highest BCUT2D eigenvalue weighted by molar-refractivity contribution is 5.70. The van der Waals surface area contributed by atoms with E-state index >= 15 is 0 Å². The van der Waals surface area contributed by atoms with E-state index < -0.39 is 11.9 Å². The molecule has 0 saturated carbocycles. The first kappa shape index (κ1) is 12.0. The van der Waals surface area contributed by atoms with E-state index in [0.29, 0.717) is 11.7 Å². The molecule has 17 heavy (non-hydrogen) atoms. The summed E-state index contributed by atoms with van der Waals surface area (Å²) in [6, 6.07) is 0. The number of rotatable bonds is 4. The number of carbonyl (C=O) groups is 1. The molecular formula is C11H16N2O4. The van der Waals surface area contributed by atoms with E-state index in [1.807, 2.05) is 0 Å². The molecule has 0 amide bonds. The first-order valence-electron chi connectivity index (χ1n) is 5.77. The minimum absolute atomic E-state index is 0.0974. The quantitative estimate of drug-likeness (QED) is 0.862. The zero-order chi connectivity index (χ0) is 12.4. The fraction of sp³-hybridized carbons (Fsp3) is 0.727. The average Bonchev–Trinajstić information content (AvgIpc) is 2.96. The summed E-state index contributed by atoms with van der Waals surface area (Å²) in [5.74, 6) is -0.815. The van der Waals surface area contributed by atoms with Crippen LogP contribution in [0.2, 0.25) is 0 Å². The zero-order valence-corrected chi connectivity index (χ0v) is 9.92. The molecule has 1 aromatic rings. The van der Waals surface area contributed by atoms with E-state index in [0.717, 1.165) is 19.4 Å². The molecule has 1 aliphatic rings. The summed E-state index contributed by atoms with van der Waals surface area (Å²) in [7, 11) is 0. The Hall–Kier alpha value is -1.43. The normalized spacial score (nSPS) is 23.5. The molecule has 6 heteroatoms. The zero-order valence-electron chi connectivity index (χ0n) is 9.92. The molecule has 0 radical (unpaired) electrons. The van der Waals surface area contributed by atoms with Gasteiger partial charge in [0.15, 0.2) is 0 Å². The van der Waals surface area contributed by atoms with Crippen LogP contribution in [0, 0.1) is 5.92 Å². The summed E-state index contributed by atoms with van der Waals surface area (Å²) >= 11 is 0. The van der Waals surface area contributed by atoms with Gasteiger partial charge in [0, 0.05) is 12.5 Å². The fourth-order valence-electron chi connectivity index (χ4n) is 1.77. The molecule has 1 aliphatic heterocycles. The SMILES string of the molecule is CC(C(=O)O)C(C)c1nc(C2CCCO2)no1. The third-order valence-electron chi connectivity index (χ3n) is 3.20. The average molecular weight is 240 g/mol. The lowest BCUT2D eigenvalue weighted by molar-refractivity contribution is -0.141. The molecule has 6 nitrogen and oxygen atoms in total. The molecule has 3 unspecified atom stereocenters. The van der Waals surface area contributed by atoms with Gasteiger partial charge in [-0.3, -0.25) is 4.79 Å². The second kappa shape index (κ2) is 4.83. The van der Waals surface area contributed by atoms with Crippen LogP contribution in [-0.2, 0) is 9.53 Å². The Balaban J connectivity index is 2.09. The van der Waals surface area contributed by atoms with Crippen molar-refractivity contribution in [1.82, 2.24) is 10.1 Å². The van der Waals surface area contributed by atoms with Crippen molar-refractivity contribution in [1.29, 1.82) is 0 Å². The van der Waals surface area contributed by atoms with Crippen LogP contribution < -0.4 is 0 Å². The van der Waals surface area contributed by atoms with Crippen molar-refractivity contribution in [2.45, 2.75) is 38.7 Å². The summed E-state index contributed by atoms with van der Waals surface area (Å²) in [6.07, 6.45) is 1.79. The molecule has 1 saturated heterocycles. The molecule has 1 N–H and O–H groups in total. The van der Waals surface area contributed by atoms with Crippen molar-refractivity contribution < 1.29 is 19.2 Å². The van der Waals surface area contributed by atoms with E-state index in [-0.39, 0.29) is 12.0 Å². The Morgan fingerprint density at radius 1 is 1.53 bits per heavy atom. The molecule has 94 valence electrons. The Morgan fingerprint density at radius 2 is 2.29 bits per heavy atom. The summed E-state index contributed by atoms with van der Waals surface area (Å²) in [4.78, 5) is 15.1. The molecule has 2 heterocycles. The fourth-order valence-corrected chi connectivity index (χ4v) is 1.77. The third kappa shape index (κ3) is 2.46. The van der Waals surface area contributed by atoms with Crippen LogP contribution in [0.15, 0.2) is 4.52 Å².